The summed E-state index contributed by atoms with van der Waals surface area (Å²) in [6.07, 6.45) is -11.8. The highest BCUT2D eigenvalue weighted by atomic mass is 19.4. The van der Waals surface area contributed by atoms with Gasteiger partial charge in [0.05, 0.1) is 6.61 Å². The predicted octanol–water partition coefficient (Wildman–Crippen LogP) is 3.28. The molecule has 0 rings (SSSR count). The molecule has 1 N–H and O–H groups in total. The Hall–Kier alpha value is -0.500. The highest BCUT2D eigenvalue weighted by Crippen LogP contribution is 2.35. The quantitative estimate of drug-likeness (QED) is 0.544. The molecular weight excluding hydrogens is 264 g/mol. The average Bonchev–Trinajstić information content (AvgIpc) is 2.18. The topological polar surface area (TPSA) is 21.3 Å². The van der Waals surface area contributed by atoms with Crippen LogP contribution in [-0.4, -0.2) is 38.2 Å². The monoisotopic (exact) mass is 281 g/mol. The van der Waals surface area contributed by atoms with Crippen LogP contribution in [0.1, 0.15) is 26.2 Å². The van der Waals surface area contributed by atoms with Gasteiger partial charge in [0.2, 0.25) is 6.10 Å². The number of hydrogen-bond donors (Lipinski definition) is 1. The van der Waals surface area contributed by atoms with Gasteiger partial charge in [-0.2, -0.15) is 26.3 Å². The Kier molecular flexibility index (Phi) is 7.61. The Morgan fingerprint density at radius 3 is 1.94 bits per heavy atom. The van der Waals surface area contributed by atoms with Crippen LogP contribution in [0.4, 0.5) is 26.3 Å². The molecule has 0 bridgehead atoms. The fourth-order valence-electron chi connectivity index (χ4n) is 1.25. The molecule has 0 heterocycles. The molecule has 110 valence electrons. The van der Waals surface area contributed by atoms with Gasteiger partial charge in [0.25, 0.3) is 0 Å². The molecule has 0 fully saturated rings. The normalized spacial score (nSPS) is 13.3. The van der Waals surface area contributed by atoms with E-state index in [9.17, 15) is 26.3 Å². The second kappa shape index (κ2) is 7.83. The molecule has 0 spiro atoms. The van der Waals surface area contributed by atoms with Crippen LogP contribution in [0.2, 0.25) is 0 Å². The molecule has 0 saturated carbocycles. The van der Waals surface area contributed by atoms with E-state index in [0.29, 0.717) is 6.54 Å². The van der Waals surface area contributed by atoms with Crippen LogP contribution in [0.25, 0.3) is 0 Å². The zero-order chi connectivity index (χ0) is 14.2. The lowest BCUT2D eigenvalue weighted by molar-refractivity contribution is -0.321. The van der Waals surface area contributed by atoms with Gasteiger partial charge in [0.15, 0.2) is 0 Å². The molecule has 2 nitrogen and oxygen atoms in total. The van der Waals surface area contributed by atoms with Crippen molar-refractivity contribution in [3.63, 3.8) is 0 Å². The Labute approximate surface area is 102 Å². The van der Waals surface area contributed by atoms with E-state index in [1.807, 2.05) is 6.92 Å². The lowest BCUT2D eigenvalue weighted by Crippen LogP contribution is -2.45. The molecule has 0 aliphatic carbocycles. The highest BCUT2D eigenvalue weighted by Gasteiger charge is 2.57. The van der Waals surface area contributed by atoms with Crippen molar-refractivity contribution in [1.82, 2.24) is 5.32 Å². The summed E-state index contributed by atoms with van der Waals surface area (Å²) < 4.78 is 76.0. The third kappa shape index (κ3) is 7.75. The minimum Gasteiger partial charge on any atom is -0.360 e. The van der Waals surface area contributed by atoms with Crippen molar-refractivity contribution in [1.29, 1.82) is 0 Å². The van der Waals surface area contributed by atoms with Crippen molar-refractivity contribution in [2.24, 2.45) is 0 Å². The van der Waals surface area contributed by atoms with E-state index >= 15 is 0 Å². The number of nitrogens with one attached hydrogen (secondary N) is 1. The molecule has 0 atom stereocenters. The molecule has 0 aliphatic rings. The summed E-state index contributed by atoms with van der Waals surface area (Å²) in [5.74, 6) is 0. The molecule has 0 aliphatic heterocycles. The van der Waals surface area contributed by atoms with E-state index in [1.54, 1.807) is 0 Å². The third-order valence-electron chi connectivity index (χ3n) is 2.12. The Morgan fingerprint density at radius 1 is 0.944 bits per heavy atom. The van der Waals surface area contributed by atoms with Crippen molar-refractivity contribution in [3.8, 4) is 0 Å². The van der Waals surface area contributed by atoms with Crippen molar-refractivity contribution >= 4 is 0 Å². The van der Waals surface area contributed by atoms with E-state index in [2.05, 4.69) is 10.1 Å². The highest BCUT2D eigenvalue weighted by molar-refractivity contribution is 4.76. The molecule has 18 heavy (non-hydrogen) atoms. The average molecular weight is 281 g/mol. The largest absolute Gasteiger partial charge is 0.423 e. The van der Waals surface area contributed by atoms with Crippen molar-refractivity contribution in [2.75, 3.05) is 19.7 Å². The van der Waals surface area contributed by atoms with Gasteiger partial charge in [-0.25, -0.2) is 0 Å². The Bertz CT molecular complexity index is 201. The zero-order valence-electron chi connectivity index (χ0n) is 10.00. The number of unbranched alkanes of at least 4 members (excludes halogenated alkanes) is 2. The summed E-state index contributed by atoms with van der Waals surface area (Å²) in [4.78, 5) is 0. The van der Waals surface area contributed by atoms with Gasteiger partial charge in [-0.1, -0.05) is 19.8 Å². The summed E-state index contributed by atoms with van der Waals surface area (Å²) in [7, 11) is 0. The third-order valence-corrected chi connectivity index (χ3v) is 2.12. The number of hydrogen-bond acceptors (Lipinski definition) is 2. The van der Waals surface area contributed by atoms with E-state index in [4.69, 9.17) is 0 Å². The summed E-state index contributed by atoms with van der Waals surface area (Å²) in [5.41, 5.74) is 0. The van der Waals surface area contributed by atoms with E-state index in [-0.39, 0.29) is 6.54 Å². The zero-order valence-corrected chi connectivity index (χ0v) is 10.00. The van der Waals surface area contributed by atoms with Crippen LogP contribution in [0, 0.1) is 0 Å². The first-order chi connectivity index (χ1) is 8.19. The van der Waals surface area contributed by atoms with Crippen LogP contribution >= 0.6 is 0 Å². The molecule has 0 aromatic heterocycles. The fourth-order valence-corrected chi connectivity index (χ4v) is 1.25. The minimum atomic E-state index is -5.43. The first-order valence-electron chi connectivity index (χ1n) is 5.65. The van der Waals surface area contributed by atoms with Gasteiger partial charge < -0.3 is 10.1 Å². The summed E-state index contributed by atoms with van der Waals surface area (Å²) in [6, 6.07) is 0. The molecule has 0 aromatic carbocycles. The Balaban J connectivity index is 3.86. The van der Waals surface area contributed by atoms with E-state index in [0.717, 1.165) is 19.3 Å². The van der Waals surface area contributed by atoms with Gasteiger partial charge in [0, 0.05) is 6.54 Å². The standard InChI is InChI=1S/C10H17F6NO/c1-2-3-4-5-17-6-7-18-8(9(11,12)13)10(14,15)16/h8,17H,2-7H2,1H3. The van der Waals surface area contributed by atoms with Crippen molar-refractivity contribution < 1.29 is 31.1 Å². The van der Waals surface area contributed by atoms with Crippen molar-refractivity contribution in [2.45, 2.75) is 44.6 Å². The molecule has 0 aromatic rings. The lowest BCUT2D eigenvalue weighted by Gasteiger charge is -2.23. The smallest absolute Gasteiger partial charge is 0.360 e. The van der Waals surface area contributed by atoms with Gasteiger partial charge in [-0.15, -0.1) is 0 Å². The van der Waals surface area contributed by atoms with Crippen LogP contribution in [0.5, 0.6) is 0 Å². The number of alkyl halides is 6. The van der Waals surface area contributed by atoms with E-state index < -0.39 is 25.1 Å². The molecule has 8 heteroatoms. The van der Waals surface area contributed by atoms with Crippen LogP contribution in [-0.2, 0) is 4.74 Å². The second-order valence-electron chi connectivity index (χ2n) is 3.79. The van der Waals surface area contributed by atoms with Gasteiger partial charge in [0.1, 0.15) is 0 Å². The van der Waals surface area contributed by atoms with Gasteiger partial charge in [-0.3, -0.25) is 0 Å². The van der Waals surface area contributed by atoms with Crippen LogP contribution < -0.4 is 5.32 Å². The minimum absolute atomic E-state index is 0.0353. The fraction of sp³-hybridized carbons (Fsp3) is 1.00. The summed E-state index contributed by atoms with van der Waals surface area (Å²) in [5, 5.41) is 2.72. The Morgan fingerprint density at radius 2 is 1.50 bits per heavy atom. The molecule has 0 radical (unpaired) electrons. The first-order valence-corrected chi connectivity index (χ1v) is 5.65. The van der Waals surface area contributed by atoms with E-state index in [1.165, 1.54) is 0 Å². The van der Waals surface area contributed by atoms with Gasteiger partial charge in [-0.05, 0) is 13.0 Å². The van der Waals surface area contributed by atoms with Crippen LogP contribution in [0.15, 0.2) is 0 Å². The van der Waals surface area contributed by atoms with Crippen LogP contribution in [0.3, 0.4) is 0 Å². The summed E-state index contributed by atoms with van der Waals surface area (Å²) >= 11 is 0. The first kappa shape index (κ1) is 17.5. The number of halogens is 6. The number of rotatable bonds is 8. The predicted molar refractivity (Wildman–Crippen MR) is 54.2 cm³/mol. The lowest BCUT2D eigenvalue weighted by atomic mass is 10.2. The maximum Gasteiger partial charge on any atom is 0.423 e. The molecule has 0 amide bonds. The van der Waals surface area contributed by atoms with Gasteiger partial charge >= 0.3 is 12.4 Å². The maximum atomic E-state index is 12.0. The summed E-state index contributed by atoms with van der Waals surface area (Å²) in [6.45, 7) is 1.88. The number of ether oxygens (including phenoxy) is 1. The molecular formula is C10H17F6NO. The second-order valence-corrected chi connectivity index (χ2v) is 3.79. The molecule has 0 unspecified atom stereocenters. The maximum absolute atomic E-state index is 12.0. The SMILES string of the molecule is CCCCCNCCOC(C(F)(F)F)C(F)(F)F. The molecule has 0 saturated heterocycles. The van der Waals surface area contributed by atoms with Crippen molar-refractivity contribution in [3.05, 3.63) is 0 Å².